The smallest absolute Gasteiger partial charge is 0.165 e. The van der Waals surface area contributed by atoms with Crippen LogP contribution in [0, 0.1) is 0 Å². The molecule has 0 atom stereocenters. The summed E-state index contributed by atoms with van der Waals surface area (Å²) in [6.45, 7) is 4.05. The van der Waals surface area contributed by atoms with E-state index in [4.69, 9.17) is 0 Å². The van der Waals surface area contributed by atoms with Gasteiger partial charge in [-0.3, -0.25) is 9.79 Å². The van der Waals surface area contributed by atoms with Crippen molar-refractivity contribution in [1.82, 2.24) is 0 Å². The highest BCUT2D eigenvalue weighted by Crippen LogP contribution is 2.18. The zero-order valence-electron chi connectivity index (χ0n) is 7.76. The fraction of sp³-hybridized carbons (Fsp3) is 0.600. The van der Waals surface area contributed by atoms with Crippen molar-refractivity contribution in [2.24, 2.45) is 4.99 Å². The molecule has 1 heterocycles. The summed E-state index contributed by atoms with van der Waals surface area (Å²) in [5.41, 5.74) is 1.86. The average molecular weight is 165 g/mol. The molecule has 1 aliphatic heterocycles. The summed E-state index contributed by atoms with van der Waals surface area (Å²) >= 11 is 0. The second-order valence-corrected chi connectivity index (χ2v) is 3.11. The van der Waals surface area contributed by atoms with E-state index in [2.05, 4.69) is 11.9 Å². The monoisotopic (exact) mass is 165 g/mol. The largest absolute Gasteiger partial charge is 0.294 e. The van der Waals surface area contributed by atoms with Crippen LogP contribution in [-0.2, 0) is 4.79 Å². The van der Waals surface area contributed by atoms with Gasteiger partial charge in [0.25, 0.3) is 0 Å². The van der Waals surface area contributed by atoms with Gasteiger partial charge in [-0.05, 0) is 19.8 Å². The maximum Gasteiger partial charge on any atom is 0.165 e. The number of hydrogen-bond acceptors (Lipinski definition) is 2. The van der Waals surface area contributed by atoms with Crippen molar-refractivity contribution in [3.05, 3.63) is 11.3 Å². The minimum absolute atomic E-state index is 0.260. The van der Waals surface area contributed by atoms with Crippen LogP contribution in [0.1, 0.15) is 39.5 Å². The van der Waals surface area contributed by atoms with E-state index in [1.54, 1.807) is 6.21 Å². The Morgan fingerprint density at radius 1 is 1.58 bits per heavy atom. The van der Waals surface area contributed by atoms with Gasteiger partial charge in [0, 0.05) is 23.9 Å². The molecule has 0 aromatic carbocycles. The van der Waals surface area contributed by atoms with E-state index in [1.165, 1.54) is 0 Å². The lowest BCUT2D eigenvalue weighted by molar-refractivity contribution is -0.114. The van der Waals surface area contributed by atoms with Gasteiger partial charge in [-0.25, -0.2) is 0 Å². The first-order chi connectivity index (χ1) is 5.75. The van der Waals surface area contributed by atoms with Crippen molar-refractivity contribution in [2.45, 2.75) is 39.5 Å². The molecule has 12 heavy (non-hydrogen) atoms. The quantitative estimate of drug-likeness (QED) is 0.631. The van der Waals surface area contributed by atoms with Gasteiger partial charge in [-0.1, -0.05) is 13.3 Å². The molecule has 0 spiro atoms. The molecule has 2 nitrogen and oxygen atoms in total. The van der Waals surface area contributed by atoms with Crippen LogP contribution in [0.5, 0.6) is 0 Å². The summed E-state index contributed by atoms with van der Waals surface area (Å²) in [6, 6.07) is 0. The first-order valence-corrected chi connectivity index (χ1v) is 4.51. The highest BCUT2D eigenvalue weighted by molar-refractivity contribution is 6.05. The van der Waals surface area contributed by atoms with Gasteiger partial charge in [-0.15, -0.1) is 0 Å². The molecular weight excluding hydrogens is 150 g/mol. The number of nitrogens with zero attached hydrogens (tertiary/aromatic N) is 1. The molecule has 0 radical (unpaired) electrons. The SMILES string of the molecule is CCCCC1=C(C)N=CCC1=O. The van der Waals surface area contributed by atoms with Gasteiger partial charge in [0.15, 0.2) is 5.78 Å². The number of carbonyl (C=O) groups excluding carboxylic acids is 1. The number of rotatable bonds is 3. The number of hydrogen-bond donors (Lipinski definition) is 0. The van der Waals surface area contributed by atoms with Crippen molar-refractivity contribution < 1.29 is 4.79 Å². The van der Waals surface area contributed by atoms with Crippen LogP contribution in [-0.4, -0.2) is 12.0 Å². The van der Waals surface area contributed by atoms with Crippen molar-refractivity contribution in [3.63, 3.8) is 0 Å². The number of Topliss-reactive ketones (excluding diaryl/α,β-unsaturated/α-hetero) is 1. The number of allylic oxidation sites excluding steroid dienone is 2. The summed E-state index contributed by atoms with van der Waals surface area (Å²) in [4.78, 5) is 15.5. The Labute approximate surface area is 73.4 Å². The molecule has 0 aromatic rings. The lowest BCUT2D eigenvalue weighted by Gasteiger charge is -2.10. The number of carbonyl (C=O) groups is 1. The van der Waals surface area contributed by atoms with Crippen LogP contribution in [0.2, 0.25) is 0 Å². The Morgan fingerprint density at radius 3 is 2.92 bits per heavy atom. The number of ketones is 1. The van der Waals surface area contributed by atoms with Crippen LogP contribution in [0.15, 0.2) is 16.3 Å². The van der Waals surface area contributed by atoms with E-state index < -0.39 is 0 Å². The lowest BCUT2D eigenvalue weighted by Crippen LogP contribution is -2.09. The van der Waals surface area contributed by atoms with Crippen LogP contribution in [0.3, 0.4) is 0 Å². The van der Waals surface area contributed by atoms with Crippen molar-refractivity contribution >= 4 is 12.0 Å². The zero-order chi connectivity index (χ0) is 8.97. The minimum Gasteiger partial charge on any atom is -0.294 e. The Balaban J connectivity index is 2.68. The highest BCUT2D eigenvalue weighted by atomic mass is 16.1. The van der Waals surface area contributed by atoms with E-state index in [1.807, 2.05) is 6.92 Å². The predicted octanol–water partition coefficient (Wildman–Crippen LogP) is 2.49. The van der Waals surface area contributed by atoms with Gasteiger partial charge in [0.05, 0.1) is 0 Å². The fourth-order valence-corrected chi connectivity index (χ4v) is 1.34. The van der Waals surface area contributed by atoms with Crippen molar-refractivity contribution in [1.29, 1.82) is 0 Å². The second kappa shape index (κ2) is 4.19. The Kier molecular flexibility index (Phi) is 3.20. The third-order valence-electron chi connectivity index (χ3n) is 2.12. The molecule has 0 saturated carbocycles. The maximum absolute atomic E-state index is 11.4. The number of aliphatic imine (C=N–C) groups is 1. The maximum atomic E-state index is 11.4. The first-order valence-electron chi connectivity index (χ1n) is 4.51. The van der Waals surface area contributed by atoms with E-state index in [0.29, 0.717) is 6.42 Å². The number of unbranched alkanes of at least 4 members (excludes halogenated alkanes) is 1. The molecule has 0 saturated heterocycles. The Hall–Kier alpha value is -0.920. The predicted molar refractivity (Wildman–Crippen MR) is 50.3 cm³/mol. The standard InChI is InChI=1S/C10H15NO/c1-3-4-5-9-8(2)11-7-6-10(9)12/h7H,3-6H2,1-2H3. The second-order valence-electron chi connectivity index (χ2n) is 3.11. The normalized spacial score (nSPS) is 17.3. The fourth-order valence-electron chi connectivity index (χ4n) is 1.34. The van der Waals surface area contributed by atoms with Gasteiger partial charge < -0.3 is 0 Å². The molecule has 0 aliphatic carbocycles. The third-order valence-corrected chi connectivity index (χ3v) is 2.12. The molecule has 0 aromatic heterocycles. The molecule has 1 aliphatic rings. The van der Waals surface area contributed by atoms with E-state index >= 15 is 0 Å². The first kappa shape index (κ1) is 9.17. The Bertz CT molecular complexity index is 238. The zero-order valence-corrected chi connectivity index (χ0v) is 7.76. The average Bonchev–Trinajstić information content (AvgIpc) is 2.04. The minimum atomic E-state index is 0.260. The molecule has 0 unspecified atom stereocenters. The molecule has 66 valence electrons. The van der Waals surface area contributed by atoms with Crippen LogP contribution >= 0.6 is 0 Å². The summed E-state index contributed by atoms with van der Waals surface area (Å²) in [6.07, 6.45) is 5.32. The van der Waals surface area contributed by atoms with Gasteiger partial charge >= 0.3 is 0 Å². The highest BCUT2D eigenvalue weighted by Gasteiger charge is 2.13. The molecule has 2 heteroatoms. The summed E-state index contributed by atoms with van der Waals surface area (Å²) in [7, 11) is 0. The van der Waals surface area contributed by atoms with Crippen LogP contribution in [0.4, 0.5) is 0 Å². The molecule has 0 fully saturated rings. The molecule has 0 amide bonds. The van der Waals surface area contributed by atoms with Crippen molar-refractivity contribution in [2.75, 3.05) is 0 Å². The van der Waals surface area contributed by atoms with Crippen molar-refractivity contribution in [3.8, 4) is 0 Å². The van der Waals surface area contributed by atoms with E-state index in [0.717, 1.165) is 30.5 Å². The van der Waals surface area contributed by atoms with E-state index in [-0.39, 0.29) is 5.78 Å². The van der Waals surface area contributed by atoms with Gasteiger partial charge in [-0.2, -0.15) is 0 Å². The molecule has 1 rings (SSSR count). The molecule has 0 N–H and O–H groups in total. The third kappa shape index (κ3) is 2.03. The van der Waals surface area contributed by atoms with E-state index in [9.17, 15) is 4.79 Å². The molecular formula is C10H15NO. The summed E-state index contributed by atoms with van der Waals surface area (Å²) in [5.74, 6) is 0.260. The van der Waals surface area contributed by atoms with Gasteiger partial charge in [0.2, 0.25) is 0 Å². The Morgan fingerprint density at radius 2 is 2.33 bits per heavy atom. The summed E-state index contributed by atoms with van der Waals surface area (Å²) < 4.78 is 0. The topological polar surface area (TPSA) is 29.4 Å². The molecule has 0 bridgehead atoms. The van der Waals surface area contributed by atoms with Gasteiger partial charge in [0.1, 0.15) is 0 Å². The summed E-state index contributed by atoms with van der Waals surface area (Å²) in [5, 5.41) is 0. The lowest BCUT2D eigenvalue weighted by atomic mass is 9.99. The van der Waals surface area contributed by atoms with Crippen LogP contribution in [0.25, 0.3) is 0 Å². The van der Waals surface area contributed by atoms with Crippen LogP contribution < -0.4 is 0 Å².